The molecule has 9 atom stereocenters. The van der Waals surface area contributed by atoms with Gasteiger partial charge in [-0.05, 0) is 81.9 Å². The summed E-state index contributed by atoms with van der Waals surface area (Å²) in [7, 11) is -6.08. The summed E-state index contributed by atoms with van der Waals surface area (Å²) in [6, 6.07) is 17.9. The second-order valence-electron chi connectivity index (χ2n) is 20.6. The molecule has 6 heterocycles. The number of aliphatic hydroxyl groups excluding tert-OH is 1. The van der Waals surface area contributed by atoms with Crippen LogP contribution in [0.3, 0.4) is 0 Å². The predicted octanol–water partition coefficient (Wildman–Crippen LogP) is 6.88. The molecule has 0 bridgehead atoms. The van der Waals surface area contributed by atoms with Crippen LogP contribution in [-0.4, -0.2) is 94.9 Å². The van der Waals surface area contributed by atoms with Crippen molar-refractivity contribution < 1.29 is 54.6 Å². The third kappa shape index (κ3) is 13.8. The van der Waals surface area contributed by atoms with Crippen molar-refractivity contribution in [3.63, 3.8) is 0 Å². The molecule has 4 N–H and O–H groups in total. The Kier molecular flexibility index (Phi) is 21.2. The van der Waals surface area contributed by atoms with Gasteiger partial charge in [0.1, 0.15) is 24.5 Å². The first-order chi connectivity index (χ1) is 39.2. The molecule has 8 rings (SSSR count). The van der Waals surface area contributed by atoms with Gasteiger partial charge in [-0.1, -0.05) is 114 Å². The van der Waals surface area contributed by atoms with Crippen molar-refractivity contribution in [2.75, 3.05) is 0 Å². The minimum atomic E-state index is -6.08. The largest absolute Gasteiger partial charge is 0.523 e. The third-order valence-corrected chi connectivity index (χ3v) is 17.1. The van der Waals surface area contributed by atoms with Gasteiger partial charge in [-0.15, -0.1) is 0 Å². The van der Waals surface area contributed by atoms with Crippen LogP contribution in [0, 0.1) is 26.7 Å². The molecular formula is C55H72F3N9O15S. The lowest BCUT2D eigenvalue weighted by atomic mass is 9.82. The number of nitrogens with one attached hydrogen (secondary N) is 3. The zero-order valence-corrected chi connectivity index (χ0v) is 48.6. The number of rotatable bonds is 18. The summed E-state index contributed by atoms with van der Waals surface area (Å²) in [5, 5.41) is 14.8. The lowest BCUT2D eigenvalue weighted by molar-refractivity contribution is -0.125. The molecule has 24 nitrogen and oxygen atoms in total. The first-order valence-corrected chi connectivity index (χ1v) is 28.6. The molecule has 454 valence electrons. The highest BCUT2D eigenvalue weighted by molar-refractivity contribution is 7.87. The fraction of sp³-hybridized carbons (Fsp3) is 0.564. The van der Waals surface area contributed by atoms with Crippen molar-refractivity contribution in [3.8, 4) is 0 Å². The zero-order valence-electron chi connectivity index (χ0n) is 47.7. The Balaban J connectivity index is 0.000000205. The van der Waals surface area contributed by atoms with Crippen molar-refractivity contribution >= 4 is 10.1 Å². The molecule has 83 heavy (non-hydrogen) atoms. The summed E-state index contributed by atoms with van der Waals surface area (Å²) in [4.78, 5) is 81.4. The van der Waals surface area contributed by atoms with Crippen LogP contribution in [0.5, 0.6) is 0 Å². The number of azide groups is 1. The molecule has 0 spiro atoms. The van der Waals surface area contributed by atoms with Gasteiger partial charge in [0.25, 0.3) is 16.7 Å². The number of nitrogens with zero attached hydrogens (tertiary/aromatic N) is 6. The molecule has 0 radical (unpaired) electrons. The maximum atomic E-state index is 13.2. The Morgan fingerprint density at radius 1 is 0.614 bits per heavy atom. The van der Waals surface area contributed by atoms with E-state index in [1.807, 2.05) is 69.9 Å². The van der Waals surface area contributed by atoms with Crippen molar-refractivity contribution in [3.05, 3.63) is 180 Å². The molecule has 5 aromatic rings. The highest BCUT2D eigenvalue weighted by Gasteiger charge is 2.61. The van der Waals surface area contributed by atoms with E-state index in [0.717, 1.165) is 29.2 Å². The highest BCUT2D eigenvalue weighted by Crippen LogP contribution is 2.48. The van der Waals surface area contributed by atoms with E-state index in [0.29, 0.717) is 36.1 Å². The average Bonchev–Trinajstić information content (AvgIpc) is 2.72. The van der Waals surface area contributed by atoms with Crippen LogP contribution in [0.25, 0.3) is 10.4 Å². The van der Waals surface area contributed by atoms with Gasteiger partial charge in [-0.2, -0.15) is 21.6 Å². The monoisotopic (exact) mass is 1190 g/mol. The van der Waals surface area contributed by atoms with Crippen molar-refractivity contribution in [2.45, 2.75) is 192 Å². The first-order valence-electron chi connectivity index (χ1n) is 27.2. The van der Waals surface area contributed by atoms with Crippen LogP contribution in [0.1, 0.15) is 133 Å². The number of benzene rings is 2. The Morgan fingerprint density at radius 3 is 1.37 bits per heavy atom. The Bertz CT molecular complexity index is 3550. The number of halogens is 3. The van der Waals surface area contributed by atoms with Gasteiger partial charge < -0.3 is 28.8 Å². The highest BCUT2D eigenvalue weighted by atomic mass is 32.2. The quantitative estimate of drug-likeness (QED) is 0.0228. The summed E-state index contributed by atoms with van der Waals surface area (Å²) in [5.74, 6) is -0.0393. The topological polar surface area (TPSA) is 323 Å². The molecule has 3 aromatic heterocycles. The molecule has 3 saturated heterocycles. The van der Waals surface area contributed by atoms with Gasteiger partial charge >= 0.3 is 32.7 Å². The molecule has 2 aromatic carbocycles. The summed E-state index contributed by atoms with van der Waals surface area (Å²) in [6.07, 6.45) is -0.973. The van der Waals surface area contributed by atoms with Crippen molar-refractivity contribution in [1.82, 2.24) is 28.7 Å². The van der Waals surface area contributed by atoms with Gasteiger partial charge in [0, 0.05) is 40.2 Å². The summed E-state index contributed by atoms with van der Waals surface area (Å²) < 4.78 is 102. The summed E-state index contributed by atoms with van der Waals surface area (Å²) in [6.45, 7) is 18.2. The number of aryl methyl sites for hydroxylation is 3. The van der Waals surface area contributed by atoms with Crippen LogP contribution >= 0.6 is 0 Å². The smallest absolute Gasteiger partial charge is 0.386 e. The normalized spacial score (nSPS) is 24.2. The Hall–Kier alpha value is -6.75. The molecule has 28 heteroatoms. The lowest BCUT2D eigenvalue weighted by Crippen LogP contribution is -2.47. The van der Waals surface area contributed by atoms with Crippen LogP contribution in [0.4, 0.5) is 13.2 Å². The SMILES string of the molecule is CCC1(CC)O[C@@H](n2cc(C)c(=O)[nH]c2=O)C(N=[N+]=[N-])[C@H]1C.CCC1(CC)O[C@@H](n2cc(C)c(=O)[nH]c2=O)C(O)[C@H]1OCc1ccccc1.CCC1(CC)O[C@@H](n2cc(C)c(=O)[nH]c2=O)C(OS(=O)(=O)C(F)(F)F)[C@H]1OCc1ccccc1. The molecular weight excluding hydrogens is 1120 g/mol. The van der Waals surface area contributed by atoms with Crippen LogP contribution in [-0.2, 0) is 51.2 Å². The molecule has 3 fully saturated rings. The van der Waals surface area contributed by atoms with Gasteiger partial charge in [0.15, 0.2) is 18.6 Å². The maximum absolute atomic E-state index is 13.2. The second kappa shape index (κ2) is 26.9. The average molecular weight is 1190 g/mol. The van der Waals surface area contributed by atoms with Crippen molar-refractivity contribution in [1.29, 1.82) is 0 Å². The van der Waals surface area contributed by atoms with Crippen LogP contribution < -0.4 is 33.7 Å². The zero-order chi connectivity index (χ0) is 61.4. The van der Waals surface area contributed by atoms with E-state index in [2.05, 4.69) is 24.2 Å². The molecule has 0 saturated carbocycles. The molecule has 0 amide bonds. The number of H-pyrrole nitrogens is 3. The van der Waals surface area contributed by atoms with Crippen LogP contribution in [0.2, 0.25) is 0 Å². The van der Waals surface area contributed by atoms with Crippen LogP contribution in [0.15, 0.2) is 113 Å². The number of aliphatic hydroxyl groups is 1. The number of aromatic amines is 3. The lowest BCUT2D eigenvalue weighted by Gasteiger charge is -2.33. The van der Waals surface area contributed by atoms with Gasteiger partial charge in [-0.25, -0.2) is 14.4 Å². The molecule has 3 aliphatic rings. The van der Waals surface area contributed by atoms with E-state index in [1.165, 1.54) is 28.5 Å². The van der Waals surface area contributed by atoms with E-state index in [1.54, 1.807) is 58.0 Å². The summed E-state index contributed by atoms with van der Waals surface area (Å²) in [5.41, 5.74) is -0.544. The van der Waals surface area contributed by atoms with E-state index in [-0.39, 0.29) is 30.9 Å². The number of aromatic nitrogens is 6. The maximum Gasteiger partial charge on any atom is 0.523 e. The van der Waals surface area contributed by atoms with E-state index in [9.17, 15) is 55.5 Å². The molecule has 0 aliphatic carbocycles. The minimum absolute atomic E-state index is 0.0393. The van der Waals surface area contributed by atoms with Gasteiger partial charge in [-0.3, -0.25) is 47.2 Å². The Labute approximate surface area is 475 Å². The minimum Gasteiger partial charge on any atom is -0.386 e. The third-order valence-electron chi connectivity index (χ3n) is 16.0. The van der Waals surface area contributed by atoms with E-state index >= 15 is 0 Å². The predicted molar refractivity (Wildman–Crippen MR) is 296 cm³/mol. The second-order valence-corrected chi connectivity index (χ2v) is 22.2. The van der Waals surface area contributed by atoms with Gasteiger partial charge in [0.05, 0.1) is 36.1 Å². The summed E-state index contributed by atoms with van der Waals surface area (Å²) >= 11 is 0. The van der Waals surface area contributed by atoms with E-state index < -0.39 is 115 Å². The Morgan fingerprint density at radius 2 is 0.976 bits per heavy atom. The molecule has 3 aliphatic heterocycles. The number of ether oxygens (including phenoxy) is 5. The molecule has 3 unspecified atom stereocenters. The number of hydrogen-bond donors (Lipinski definition) is 4. The number of alkyl halides is 3. The fourth-order valence-electron chi connectivity index (χ4n) is 10.9. The van der Waals surface area contributed by atoms with Gasteiger partial charge in [0.2, 0.25) is 0 Å². The van der Waals surface area contributed by atoms with Crippen molar-refractivity contribution in [2.24, 2.45) is 11.0 Å². The first kappa shape index (κ1) is 65.4. The standard InChI is InChI=1S/C21H25F3N2O7S.C20H26N2O5.C14H21N5O3/c1-4-20(5-2)16(31-12-14-9-7-6-8-10-14)15(33-34(29,30)21(22,23)24)18(32-20)26-11-13(3)17(27)25-19(26)28;1-4-20(5-2)16(26-12-14-9-7-6-8-10-14)15(23)18(27-20)22-11-13(3)17(24)21-19(22)25;1-5-14(6-2)9(4)10(17-18-15)12(22-14)19-7-8(3)11(20)16-13(19)21/h6-11,15-16,18H,4-5,12H2,1-3H3,(H,25,27,28);6-11,15-16,18,23H,4-5,12H2,1-3H3,(H,21,24,25);7,9-10,12H,5-6H2,1-4H3,(H,16,20,21)/t2*15?,16-,18-;9-,10?,12-/m111/s1. The number of hydrogen-bond acceptors (Lipinski definition) is 16. The fourth-order valence-corrected chi connectivity index (χ4v) is 11.4. The van der Waals surface area contributed by atoms with E-state index in [4.69, 9.17) is 29.2 Å².